The van der Waals surface area contributed by atoms with Gasteiger partial charge >= 0.3 is 0 Å². The predicted molar refractivity (Wildman–Crippen MR) is 140 cm³/mol. The lowest BCUT2D eigenvalue weighted by Gasteiger charge is -2.31. The summed E-state index contributed by atoms with van der Waals surface area (Å²) in [5.41, 5.74) is 12.0. The summed E-state index contributed by atoms with van der Waals surface area (Å²) in [6.07, 6.45) is 2.80. The Morgan fingerprint density at radius 3 is 2.33 bits per heavy atom. The van der Waals surface area contributed by atoms with Gasteiger partial charge in [0, 0.05) is 44.0 Å². The van der Waals surface area contributed by atoms with Gasteiger partial charge in [0.2, 0.25) is 5.82 Å². The molecule has 3 N–H and O–H groups in total. The molecule has 8 heteroatoms. The number of aryl methyl sites for hydroxylation is 1. The molecule has 2 aromatic carbocycles. The van der Waals surface area contributed by atoms with E-state index < -0.39 is 5.91 Å². The van der Waals surface area contributed by atoms with Gasteiger partial charge in [-0.3, -0.25) is 14.7 Å². The van der Waals surface area contributed by atoms with Crippen molar-refractivity contribution in [1.29, 1.82) is 0 Å². The molecule has 184 valence electrons. The first kappa shape index (κ1) is 23.8. The maximum Gasteiger partial charge on any atom is 0.288 e. The highest BCUT2D eigenvalue weighted by molar-refractivity contribution is 5.88. The topological polar surface area (TPSA) is 102 Å². The molecule has 1 aliphatic heterocycles. The maximum absolute atomic E-state index is 11.3. The molecular weight excluding hydrogens is 450 g/mol. The van der Waals surface area contributed by atoms with Crippen LogP contribution in [0.4, 0.5) is 0 Å². The minimum atomic E-state index is -0.631. The fourth-order valence-electron chi connectivity index (χ4n) is 4.62. The summed E-state index contributed by atoms with van der Waals surface area (Å²) in [5, 5.41) is 7.67. The lowest BCUT2D eigenvalue weighted by molar-refractivity contribution is 0.0990. The second kappa shape index (κ2) is 10.4. The third kappa shape index (κ3) is 5.50. The van der Waals surface area contributed by atoms with E-state index in [-0.39, 0.29) is 5.82 Å². The van der Waals surface area contributed by atoms with Crippen LogP contribution < -0.4 is 11.1 Å². The van der Waals surface area contributed by atoms with E-state index in [1.807, 2.05) is 18.3 Å². The van der Waals surface area contributed by atoms with Crippen LogP contribution in [0, 0.1) is 6.92 Å². The number of primary amides is 1. The maximum atomic E-state index is 11.3. The van der Waals surface area contributed by atoms with Crippen LogP contribution in [0.3, 0.4) is 0 Å². The van der Waals surface area contributed by atoms with Crippen molar-refractivity contribution in [1.82, 2.24) is 30.0 Å². The number of carbonyl (C=O) groups is 1. The Morgan fingerprint density at radius 2 is 1.72 bits per heavy atom. The molecule has 1 unspecified atom stereocenters. The number of benzene rings is 2. The van der Waals surface area contributed by atoms with Crippen LogP contribution in [0.1, 0.15) is 40.2 Å². The molecule has 0 aliphatic carbocycles. The van der Waals surface area contributed by atoms with Gasteiger partial charge in [-0.2, -0.15) is 0 Å². The Balaban J connectivity index is 1.21. The Hall–Kier alpha value is -3.88. The van der Waals surface area contributed by atoms with E-state index in [1.165, 1.54) is 11.1 Å². The Labute approximate surface area is 211 Å². The molecule has 0 saturated carbocycles. The molecule has 0 radical (unpaired) electrons. The molecule has 1 atom stereocenters. The Bertz CT molecular complexity index is 1330. The van der Waals surface area contributed by atoms with Gasteiger partial charge in [-0.1, -0.05) is 42.5 Å². The fraction of sp³-hybridized carbons (Fsp3) is 0.286. The molecule has 5 rings (SSSR count). The minimum Gasteiger partial charge on any atom is -0.363 e. The number of nitrogens with one attached hydrogen (secondary N) is 1. The monoisotopic (exact) mass is 481 g/mol. The van der Waals surface area contributed by atoms with E-state index in [9.17, 15) is 4.79 Å². The van der Waals surface area contributed by atoms with Crippen molar-refractivity contribution in [3.05, 3.63) is 95.3 Å². The molecule has 1 fully saturated rings. The summed E-state index contributed by atoms with van der Waals surface area (Å²) in [7, 11) is 0. The second-order valence-corrected chi connectivity index (χ2v) is 9.43. The van der Waals surface area contributed by atoms with Gasteiger partial charge in [-0.25, -0.2) is 9.67 Å². The number of hydrogen-bond donors (Lipinski definition) is 2. The smallest absolute Gasteiger partial charge is 0.288 e. The summed E-state index contributed by atoms with van der Waals surface area (Å²) in [6, 6.07) is 21.6. The number of pyridine rings is 1. The summed E-state index contributed by atoms with van der Waals surface area (Å²) < 4.78 is 1.63. The number of rotatable bonds is 7. The molecule has 0 spiro atoms. The number of nitrogens with two attached hydrogens (primary N) is 1. The zero-order valence-electron chi connectivity index (χ0n) is 20.7. The van der Waals surface area contributed by atoms with Crippen LogP contribution in [0.2, 0.25) is 0 Å². The number of piperazine rings is 1. The number of hydrogen-bond acceptors (Lipinski definition) is 6. The molecule has 36 heavy (non-hydrogen) atoms. The highest BCUT2D eigenvalue weighted by atomic mass is 16.1. The van der Waals surface area contributed by atoms with E-state index >= 15 is 0 Å². The van der Waals surface area contributed by atoms with Crippen LogP contribution in [-0.2, 0) is 13.0 Å². The van der Waals surface area contributed by atoms with Crippen LogP contribution in [0.25, 0.3) is 16.8 Å². The summed E-state index contributed by atoms with van der Waals surface area (Å²) >= 11 is 0. The number of aromatic nitrogens is 4. The van der Waals surface area contributed by atoms with E-state index in [0.717, 1.165) is 55.1 Å². The van der Waals surface area contributed by atoms with Crippen molar-refractivity contribution in [3.8, 4) is 16.8 Å². The SMILES string of the molecule is Cc1nc(C(N)=O)nn1-c1ccc(Cc2ccc(-c3ccc(CN4CCNC(C)C4)nc3)cc2)cc1. The quantitative estimate of drug-likeness (QED) is 0.421. The lowest BCUT2D eigenvalue weighted by Crippen LogP contribution is -2.48. The van der Waals surface area contributed by atoms with Gasteiger partial charge in [-0.05, 0) is 55.2 Å². The Kier molecular flexibility index (Phi) is 6.88. The van der Waals surface area contributed by atoms with Crippen molar-refractivity contribution in [2.24, 2.45) is 5.73 Å². The van der Waals surface area contributed by atoms with Gasteiger partial charge in [0.05, 0.1) is 11.4 Å². The van der Waals surface area contributed by atoms with Crippen molar-refractivity contribution >= 4 is 5.91 Å². The van der Waals surface area contributed by atoms with Gasteiger partial charge in [0.25, 0.3) is 5.91 Å². The third-order valence-electron chi connectivity index (χ3n) is 6.53. The number of carbonyl (C=O) groups excluding carboxylic acids is 1. The second-order valence-electron chi connectivity index (χ2n) is 9.43. The Morgan fingerprint density at radius 1 is 1.03 bits per heavy atom. The van der Waals surface area contributed by atoms with Crippen molar-refractivity contribution in [2.45, 2.75) is 32.9 Å². The van der Waals surface area contributed by atoms with Gasteiger partial charge < -0.3 is 11.1 Å². The van der Waals surface area contributed by atoms with Gasteiger partial charge in [0.1, 0.15) is 5.82 Å². The molecule has 4 aromatic rings. The average Bonchev–Trinajstić information content (AvgIpc) is 3.28. The summed E-state index contributed by atoms with van der Waals surface area (Å²) in [5.74, 6) is 0.0114. The lowest BCUT2D eigenvalue weighted by atomic mass is 10.0. The van der Waals surface area contributed by atoms with Gasteiger partial charge in [0.15, 0.2) is 0 Å². The number of amides is 1. The summed E-state index contributed by atoms with van der Waals surface area (Å²) in [4.78, 5) is 22.6. The molecule has 1 amide bonds. The van der Waals surface area contributed by atoms with Crippen LogP contribution in [0.15, 0.2) is 66.9 Å². The van der Waals surface area contributed by atoms with Crippen LogP contribution >= 0.6 is 0 Å². The number of nitrogens with zero attached hydrogens (tertiary/aromatic N) is 5. The van der Waals surface area contributed by atoms with Gasteiger partial charge in [-0.15, -0.1) is 5.10 Å². The van der Waals surface area contributed by atoms with E-state index in [4.69, 9.17) is 10.7 Å². The zero-order valence-corrected chi connectivity index (χ0v) is 20.7. The first-order valence-corrected chi connectivity index (χ1v) is 12.3. The fourth-order valence-corrected chi connectivity index (χ4v) is 4.62. The van der Waals surface area contributed by atoms with Crippen molar-refractivity contribution < 1.29 is 4.79 Å². The van der Waals surface area contributed by atoms with Crippen molar-refractivity contribution in [2.75, 3.05) is 19.6 Å². The third-order valence-corrected chi connectivity index (χ3v) is 6.53. The van der Waals surface area contributed by atoms with Crippen LogP contribution in [0.5, 0.6) is 0 Å². The largest absolute Gasteiger partial charge is 0.363 e. The molecule has 1 saturated heterocycles. The molecular formula is C28H31N7O. The van der Waals surface area contributed by atoms with Crippen molar-refractivity contribution in [3.63, 3.8) is 0 Å². The molecule has 2 aromatic heterocycles. The molecule has 3 heterocycles. The predicted octanol–water partition coefficient (Wildman–Crippen LogP) is 3.12. The molecule has 0 bridgehead atoms. The molecule has 8 nitrogen and oxygen atoms in total. The highest BCUT2D eigenvalue weighted by Gasteiger charge is 2.16. The molecule has 1 aliphatic rings. The normalized spacial score (nSPS) is 16.2. The summed E-state index contributed by atoms with van der Waals surface area (Å²) in [6.45, 7) is 8.08. The van der Waals surface area contributed by atoms with E-state index in [0.29, 0.717) is 11.9 Å². The first-order valence-electron chi connectivity index (χ1n) is 12.3. The van der Waals surface area contributed by atoms with E-state index in [2.05, 4.69) is 75.8 Å². The van der Waals surface area contributed by atoms with Crippen LogP contribution in [-0.4, -0.2) is 56.2 Å². The minimum absolute atomic E-state index is 0.0238. The average molecular weight is 482 g/mol. The standard InChI is InChI=1S/C28H31N7O/c1-19-17-34(14-13-30-19)18-25-10-9-24(16-31-25)23-7-3-21(4-8-23)15-22-5-11-26(12-6-22)35-20(2)32-28(33-35)27(29)36/h3-12,16,19,30H,13-15,17-18H2,1-2H3,(H2,29,36). The highest BCUT2D eigenvalue weighted by Crippen LogP contribution is 2.21. The zero-order chi connectivity index (χ0) is 25.1. The first-order chi connectivity index (χ1) is 17.4. The van der Waals surface area contributed by atoms with E-state index in [1.54, 1.807) is 11.6 Å².